The van der Waals surface area contributed by atoms with E-state index in [0.717, 1.165) is 21.4 Å². The van der Waals surface area contributed by atoms with Crippen LogP contribution in [-0.2, 0) is 17.8 Å². The zero-order chi connectivity index (χ0) is 26.5. The number of aliphatic carboxylic acids is 1. The Bertz CT molecular complexity index is 1470. The van der Waals surface area contributed by atoms with Gasteiger partial charge in [-0.2, -0.15) is 0 Å². The van der Waals surface area contributed by atoms with Gasteiger partial charge >= 0.3 is 5.97 Å². The van der Waals surface area contributed by atoms with Gasteiger partial charge in [-0.05, 0) is 66.6 Å². The SMILES string of the molecule is COc1cccc2c(=O)n(CC[C@H](C(=O)O)[C@H](O)CCc3ccc(-c4ccc(C)c(F)c4)cc3)nnc12. The third kappa shape index (κ3) is 5.83. The van der Waals surface area contributed by atoms with Gasteiger partial charge in [0.05, 0.1) is 24.5 Å². The molecular weight excluding hydrogens is 477 g/mol. The first-order chi connectivity index (χ1) is 17.8. The van der Waals surface area contributed by atoms with E-state index in [1.807, 2.05) is 30.3 Å². The molecule has 0 aliphatic carbocycles. The number of fused-ring (bicyclic) bond motifs is 1. The van der Waals surface area contributed by atoms with Gasteiger partial charge in [0.1, 0.15) is 17.1 Å². The van der Waals surface area contributed by atoms with Crippen molar-refractivity contribution in [1.82, 2.24) is 15.0 Å². The molecule has 4 rings (SSSR count). The Morgan fingerprint density at radius 1 is 1.08 bits per heavy atom. The first kappa shape index (κ1) is 26.0. The van der Waals surface area contributed by atoms with E-state index in [1.165, 1.54) is 13.2 Å². The molecule has 37 heavy (non-hydrogen) atoms. The first-order valence-electron chi connectivity index (χ1n) is 12.0. The van der Waals surface area contributed by atoms with Crippen LogP contribution >= 0.6 is 0 Å². The molecule has 0 aliphatic heterocycles. The van der Waals surface area contributed by atoms with Gasteiger partial charge in [-0.1, -0.05) is 47.7 Å². The minimum atomic E-state index is -1.15. The highest BCUT2D eigenvalue weighted by atomic mass is 19.1. The summed E-state index contributed by atoms with van der Waals surface area (Å²) in [4.78, 5) is 24.7. The average molecular weight is 506 g/mol. The summed E-state index contributed by atoms with van der Waals surface area (Å²) in [6, 6.07) is 17.6. The summed E-state index contributed by atoms with van der Waals surface area (Å²) in [5.74, 6) is -2.06. The number of hydrogen-bond donors (Lipinski definition) is 2. The van der Waals surface area contributed by atoms with Gasteiger partial charge in [-0.3, -0.25) is 9.59 Å². The van der Waals surface area contributed by atoms with Crippen LogP contribution in [0.5, 0.6) is 5.75 Å². The topological polar surface area (TPSA) is 115 Å². The largest absolute Gasteiger partial charge is 0.494 e. The number of benzene rings is 3. The summed E-state index contributed by atoms with van der Waals surface area (Å²) in [7, 11) is 1.47. The molecule has 0 aliphatic rings. The van der Waals surface area contributed by atoms with E-state index in [9.17, 15) is 24.2 Å². The van der Waals surface area contributed by atoms with E-state index in [0.29, 0.717) is 28.6 Å². The third-order valence-corrected chi connectivity index (χ3v) is 6.56. The van der Waals surface area contributed by atoms with Crippen LogP contribution in [0.4, 0.5) is 4.39 Å². The van der Waals surface area contributed by atoms with Crippen LogP contribution < -0.4 is 10.3 Å². The van der Waals surface area contributed by atoms with Crippen molar-refractivity contribution in [2.45, 2.75) is 38.8 Å². The number of carboxylic acid groups (broad SMARTS) is 1. The second kappa shape index (κ2) is 11.3. The summed E-state index contributed by atoms with van der Waals surface area (Å²) in [5.41, 5.74) is 3.07. The van der Waals surface area contributed by atoms with Crippen LogP contribution in [0.3, 0.4) is 0 Å². The van der Waals surface area contributed by atoms with Crippen molar-refractivity contribution in [2.24, 2.45) is 5.92 Å². The molecule has 0 radical (unpaired) electrons. The Kier molecular flexibility index (Phi) is 7.93. The van der Waals surface area contributed by atoms with E-state index in [1.54, 1.807) is 31.2 Å². The molecule has 0 saturated carbocycles. The fourth-order valence-corrected chi connectivity index (χ4v) is 4.28. The van der Waals surface area contributed by atoms with Crippen molar-refractivity contribution < 1.29 is 24.1 Å². The molecule has 192 valence electrons. The van der Waals surface area contributed by atoms with Crippen LogP contribution in [0.2, 0.25) is 0 Å². The molecule has 0 amide bonds. The molecule has 0 unspecified atom stereocenters. The number of aromatic nitrogens is 3. The second-order valence-electron chi connectivity index (χ2n) is 8.97. The molecule has 0 saturated heterocycles. The summed E-state index contributed by atoms with van der Waals surface area (Å²) in [6.45, 7) is 1.71. The molecule has 0 fully saturated rings. The monoisotopic (exact) mass is 505 g/mol. The number of methoxy groups -OCH3 is 1. The van der Waals surface area contributed by atoms with E-state index >= 15 is 0 Å². The summed E-state index contributed by atoms with van der Waals surface area (Å²) < 4.78 is 20.2. The molecule has 1 heterocycles. The van der Waals surface area contributed by atoms with Crippen molar-refractivity contribution in [3.8, 4) is 16.9 Å². The maximum absolute atomic E-state index is 13.9. The number of nitrogens with zero attached hydrogens (tertiary/aromatic N) is 3. The van der Waals surface area contributed by atoms with Crippen molar-refractivity contribution in [2.75, 3.05) is 7.11 Å². The highest BCUT2D eigenvalue weighted by Crippen LogP contribution is 2.24. The molecule has 4 aromatic rings. The van der Waals surface area contributed by atoms with E-state index < -0.39 is 23.6 Å². The Morgan fingerprint density at radius 3 is 2.49 bits per heavy atom. The molecule has 1 aromatic heterocycles. The number of ether oxygens (including phenoxy) is 1. The average Bonchev–Trinajstić information content (AvgIpc) is 2.90. The number of aliphatic hydroxyl groups excluding tert-OH is 1. The van der Waals surface area contributed by atoms with Gasteiger partial charge in [0, 0.05) is 6.54 Å². The lowest BCUT2D eigenvalue weighted by molar-refractivity contribution is -0.146. The van der Waals surface area contributed by atoms with E-state index in [2.05, 4.69) is 10.3 Å². The minimum Gasteiger partial charge on any atom is -0.494 e. The highest BCUT2D eigenvalue weighted by molar-refractivity contribution is 5.83. The lowest BCUT2D eigenvalue weighted by atomic mass is 9.93. The van der Waals surface area contributed by atoms with Gasteiger partial charge < -0.3 is 14.9 Å². The predicted molar refractivity (Wildman–Crippen MR) is 137 cm³/mol. The third-order valence-electron chi connectivity index (χ3n) is 6.56. The normalized spacial score (nSPS) is 12.9. The smallest absolute Gasteiger partial charge is 0.309 e. The fraction of sp³-hybridized carbons (Fsp3) is 0.286. The Labute approximate surface area is 213 Å². The number of hydrogen-bond acceptors (Lipinski definition) is 6. The molecule has 9 heteroatoms. The zero-order valence-electron chi connectivity index (χ0n) is 20.6. The maximum atomic E-state index is 13.9. The van der Waals surface area contributed by atoms with Gasteiger partial charge in [0.2, 0.25) is 0 Å². The number of halogens is 1. The summed E-state index contributed by atoms with van der Waals surface area (Å²) in [5, 5.41) is 28.6. The molecule has 2 N–H and O–H groups in total. The molecule has 2 atom stereocenters. The van der Waals surface area contributed by atoms with E-state index in [-0.39, 0.29) is 25.2 Å². The number of aryl methyl sites for hydroxylation is 3. The molecule has 3 aromatic carbocycles. The number of carboxylic acids is 1. The van der Waals surface area contributed by atoms with Crippen molar-refractivity contribution in [3.05, 3.63) is 88.0 Å². The Hall–Kier alpha value is -4.11. The first-order valence-corrected chi connectivity index (χ1v) is 12.0. The van der Waals surface area contributed by atoms with Gasteiger partial charge in [0.15, 0.2) is 0 Å². The van der Waals surface area contributed by atoms with Gasteiger partial charge in [-0.25, -0.2) is 9.07 Å². The van der Waals surface area contributed by atoms with Gasteiger partial charge in [-0.15, -0.1) is 5.10 Å². The van der Waals surface area contributed by atoms with E-state index in [4.69, 9.17) is 4.74 Å². The predicted octanol–water partition coefficient (Wildman–Crippen LogP) is 4.00. The number of carbonyl (C=O) groups is 1. The van der Waals surface area contributed by atoms with Crippen molar-refractivity contribution >= 4 is 16.9 Å². The number of aliphatic hydroxyl groups is 1. The van der Waals surface area contributed by atoms with Crippen LogP contribution in [0.15, 0.2) is 65.5 Å². The van der Waals surface area contributed by atoms with Crippen LogP contribution in [0.1, 0.15) is 24.0 Å². The molecule has 8 nitrogen and oxygen atoms in total. The molecule has 0 spiro atoms. The highest BCUT2D eigenvalue weighted by Gasteiger charge is 2.26. The molecular formula is C28H28FN3O5. The lowest BCUT2D eigenvalue weighted by Gasteiger charge is -2.19. The van der Waals surface area contributed by atoms with Crippen LogP contribution in [0.25, 0.3) is 22.0 Å². The quantitative estimate of drug-likeness (QED) is 0.335. The Morgan fingerprint density at radius 2 is 1.81 bits per heavy atom. The maximum Gasteiger partial charge on any atom is 0.309 e. The van der Waals surface area contributed by atoms with Crippen LogP contribution in [-0.4, -0.2) is 44.4 Å². The van der Waals surface area contributed by atoms with Gasteiger partial charge in [0.25, 0.3) is 5.56 Å². The standard InChI is InChI=1S/C28H28FN3O5/c1-17-6-10-20(16-23(17)29)19-11-7-18(8-12-19)9-13-24(33)21(28(35)36)14-15-32-27(34)22-4-3-5-25(37-2)26(22)30-31-32/h3-8,10-12,16,21,24,33H,9,13-15H2,1-2H3,(H,35,36)/t21-,24+/m0/s1. The minimum absolute atomic E-state index is 0.00514. The lowest BCUT2D eigenvalue weighted by Crippen LogP contribution is -2.32. The number of rotatable bonds is 10. The van der Waals surface area contributed by atoms with Crippen LogP contribution in [0, 0.1) is 18.7 Å². The van der Waals surface area contributed by atoms with Crippen molar-refractivity contribution in [3.63, 3.8) is 0 Å². The zero-order valence-corrected chi connectivity index (χ0v) is 20.6. The second-order valence-corrected chi connectivity index (χ2v) is 8.97. The summed E-state index contributed by atoms with van der Waals surface area (Å²) >= 11 is 0. The Balaban J connectivity index is 1.39. The molecule has 0 bridgehead atoms. The summed E-state index contributed by atoms with van der Waals surface area (Å²) in [6.07, 6.45) is -0.417. The van der Waals surface area contributed by atoms with Crippen molar-refractivity contribution in [1.29, 1.82) is 0 Å². The fourth-order valence-electron chi connectivity index (χ4n) is 4.28.